The largest absolute Gasteiger partial charge is 0.293 e. The molecule has 0 radical (unpaired) electrons. The molecule has 3 rings (SSSR count). The second kappa shape index (κ2) is 6.14. The van der Waals surface area contributed by atoms with Gasteiger partial charge >= 0.3 is 0 Å². The first kappa shape index (κ1) is 15.7. The van der Waals surface area contributed by atoms with E-state index in [4.69, 9.17) is 0 Å². The Morgan fingerprint density at radius 3 is 2.86 bits per heavy atom. The highest BCUT2D eigenvalue weighted by Crippen LogP contribution is 2.50. The Morgan fingerprint density at radius 1 is 1.27 bits per heavy atom. The molecular formula is C14H11NO3S4. The number of ketones is 1. The fourth-order valence-electron chi connectivity index (χ4n) is 2.31. The zero-order valence-electron chi connectivity index (χ0n) is 11.4. The number of aliphatic imine (C=N–C) groups is 1. The average molecular weight is 370 g/mol. The van der Waals surface area contributed by atoms with Crippen molar-refractivity contribution in [2.75, 3.05) is 6.54 Å². The first-order valence-corrected chi connectivity index (χ1v) is 10.2. The number of carbonyl (C=O) groups is 1. The maximum absolute atomic E-state index is 12.4. The SMILES string of the molecule is O=C(CCCCN=C=S)c1cc2c(s1)-c1sccc1S2(=O)=O. The minimum absolute atomic E-state index is 0.0148. The smallest absolute Gasteiger partial charge is 0.209 e. The standard InChI is InChI=1S/C14H11NO3S4/c16-9(3-1-2-5-15-8-19)10-7-12-14(21-10)13-11(4-6-20-13)22(12,17)18/h4,6-7H,1-3,5H2. The molecule has 0 bridgehead atoms. The van der Waals surface area contributed by atoms with Gasteiger partial charge in [-0.3, -0.25) is 4.79 Å². The van der Waals surface area contributed by atoms with Gasteiger partial charge in [0.05, 0.1) is 29.6 Å². The van der Waals surface area contributed by atoms with Crippen molar-refractivity contribution < 1.29 is 13.2 Å². The summed E-state index contributed by atoms with van der Waals surface area (Å²) in [6.45, 7) is 0.574. The van der Waals surface area contributed by atoms with E-state index in [1.54, 1.807) is 11.4 Å². The van der Waals surface area contributed by atoms with E-state index in [2.05, 4.69) is 22.4 Å². The van der Waals surface area contributed by atoms with Crippen molar-refractivity contribution in [3.63, 3.8) is 0 Å². The molecule has 114 valence electrons. The zero-order chi connectivity index (χ0) is 15.7. The van der Waals surface area contributed by atoms with E-state index < -0.39 is 9.84 Å². The van der Waals surface area contributed by atoms with Crippen LogP contribution in [0.3, 0.4) is 0 Å². The lowest BCUT2D eigenvalue weighted by molar-refractivity contribution is 0.0983. The number of rotatable bonds is 6. The summed E-state index contributed by atoms with van der Waals surface area (Å²) in [7, 11) is -3.43. The number of hydrogen-bond donors (Lipinski definition) is 0. The van der Waals surface area contributed by atoms with Gasteiger partial charge in [-0.2, -0.15) is 0 Å². The van der Waals surface area contributed by atoms with Gasteiger partial charge < -0.3 is 0 Å². The van der Waals surface area contributed by atoms with Gasteiger partial charge in [0.25, 0.3) is 0 Å². The number of hydrogen-bond acceptors (Lipinski definition) is 7. The summed E-state index contributed by atoms with van der Waals surface area (Å²) < 4.78 is 24.8. The number of isothiocyanates is 1. The van der Waals surface area contributed by atoms with E-state index in [1.807, 2.05) is 0 Å². The second-order valence-electron chi connectivity index (χ2n) is 4.77. The predicted octanol–water partition coefficient (Wildman–Crippen LogP) is 4.08. The molecule has 0 fully saturated rings. The van der Waals surface area contributed by atoms with E-state index in [0.29, 0.717) is 34.0 Å². The summed E-state index contributed by atoms with van der Waals surface area (Å²) in [5, 5.41) is 4.06. The maximum Gasteiger partial charge on any atom is 0.209 e. The molecule has 0 unspecified atom stereocenters. The summed E-state index contributed by atoms with van der Waals surface area (Å²) >= 11 is 7.15. The minimum Gasteiger partial charge on any atom is -0.293 e. The van der Waals surface area contributed by atoms with Gasteiger partial charge in [-0.25, -0.2) is 13.4 Å². The van der Waals surface area contributed by atoms with Crippen LogP contribution in [0.15, 0.2) is 32.3 Å². The van der Waals surface area contributed by atoms with Crippen LogP contribution in [-0.4, -0.2) is 25.9 Å². The molecule has 2 aromatic rings. The lowest BCUT2D eigenvalue weighted by Crippen LogP contribution is -1.98. The molecule has 0 aliphatic carbocycles. The zero-order valence-corrected chi connectivity index (χ0v) is 14.6. The lowest BCUT2D eigenvalue weighted by atomic mass is 10.1. The maximum atomic E-state index is 12.4. The minimum atomic E-state index is -3.43. The number of thiocarbonyl (C=S) groups is 1. The van der Waals surface area contributed by atoms with E-state index in [9.17, 15) is 13.2 Å². The third-order valence-electron chi connectivity index (χ3n) is 3.38. The van der Waals surface area contributed by atoms with Gasteiger partial charge in [-0.05, 0) is 42.6 Å². The topological polar surface area (TPSA) is 63.6 Å². The number of unbranched alkanes of at least 4 members (excludes halogenated alkanes) is 1. The van der Waals surface area contributed by atoms with Gasteiger partial charge in [0, 0.05) is 13.0 Å². The molecule has 0 amide bonds. The first-order valence-electron chi connectivity index (χ1n) is 6.59. The van der Waals surface area contributed by atoms with Gasteiger partial charge in [0.2, 0.25) is 9.84 Å². The fraction of sp³-hybridized carbons (Fsp3) is 0.286. The number of carbonyl (C=O) groups excluding carboxylic acids is 1. The van der Waals surface area contributed by atoms with Crippen molar-refractivity contribution >= 4 is 55.7 Å². The summed E-state index contributed by atoms with van der Waals surface area (Å²) in [5.41, 5.74) is 0. The third-order valence-corrected chi connectivity index (χ3v) is 7.84. The van der Waals surface area contributed by atoms with E-state index in [0.717, 1.165) is 11.3 Å². The Hall–Kier alpha value is -1.18. The number of Topliss-reactive ketones (excluding diaryl/α,β-unsaturated/α-hetero) is 1. The van der Waals surface area contributed by atoms with Crippen molar-refractivity contribution in [3.05, 3.63) is 22.4 Å². The lowest BCUT2D eigenvalue weighted by Gasteiger charge is -1.97. The summed E-state index contributed by atoms with van der Waals surface area (Å²) in [5.74, 6) is -0.0148. The highest BCUT2D eigenvalue weighted by molar-refractivity contribution is 7.92. The molecule has 4 nitrogen and oxygen atoms in total. The van der Waals surface area contributed by atoms with E-state index in [-0.39, 0.29) is 10.7 Å². The van der Waals surface area contributed by atoms with E-state index >= 15 is 0 Å². The quantitative estimate of drug-likeness (QED) is 0.284. The normalized spacial score (nSPS) is 14.2. The Kier molecular flexibility index (Phi) is 4.38. The van der Waals surface area contributed by atoms with Gasteiger partial charge in [-0.15, -0.1) is 22.7 Å². The first-order chi connectivity index (χ1) is 10.6. The van der Waals surface area contributed by atoms with Gasteiger partial charge in [0.1, 0.15) is 0 Å². The molecule has 1 aliphatic heterocycles. The molecule has 0 saturated heterocycles. The molecule has 0 atom stereocenters. The Labute approximate surface area is 141 Å². The summed E-state index contributed by atoms with van der Waals surface area (Å²) in [4.78, 5) is 18.6. The molecular weight excluding hydrogens is 358 g/mol. The van der Waals surface area contributed by atoms with Crippen molar-refractivity contribution in [1.82, 2.24) is 0 Å². The highest BCUT2D eigenvalue weighted by atomic mass is 32.2. The van der Waals surface area contributed by atoms with Crippen LogP contribution < -0.4 is 0 Å². The molecule has 0 spiro atoms. The number of sulfone groups is 1. The monoisotopic (exact) mass is 369 g/mol. The molecule has 3 heterocycles. The predicted molar refractivity (Wildman–Crippen MR) is 91.2 cm³/mol. The summed E-state index contributed by atoms with van der Waals surface area (Å²) in [6, 6.07) is 3.15. The van der Waals surface area contributed by atoms with Crippen LogP contribution >= 0.6 is 34.9 Å². The molecule has 22 heavy (non-hydrogen) atoms. The van der Waals surface area contributed by atoms with Crippen LogP contribution in [-0.2, 0) is 9.84 Å². The van der Waals surface area contributed by atoms with Crippen molar-refractivity contribution in [1.29, 1.82) is 0 Å². The molecule has 1 aliphatic rings. The van der Waals surface area contributed by atoms with E-state index in [1.165, 1.54) is 28.7 Å². The van der Waals surface area contributed by atoms with Crippen LogP contribution in [0, 0.1) is 0 Å². The third kappa shape index (κ3) is 2.61. The van der Waals surface area contributed by atoms with Crippen LogP contribution in [0.1, 0.15) is 28.9 Å². The van der Waals surface area contributed by atoms with Crippen molar-refractivity contribution in [3.8, 4) is 9.75 Å². The van der Waals surface area contributed by atoms with Crippen LogP contribution in [0.4, 0.5) is 0 Å². The van der Waals surface area contributed by atoms with Crippen LogP contribution in [0.5, 0.6) is 0 Å². The number of nitrogens with zero attached hydrogens (tertiary/aromatic N) is 1. The van der Waals surface area contributed by atoms with Gasteiger partial charge in [-0.1, -0.05) is 0 Å². The Bertz CT molecular complexity index is 885. The number of thiophene rings is 2. The summed E-state index contributed by atoms with van der Waals surface area (Å²) in [6.07, 6.45) is 1.87. The molecule has 0 saturated carbocycles. The highest BCUT2D eigenvalue weighted by Gasteiger charge is 2.37. The molecule has 0 N–H and O–H groups in total. The second-order valence-corrected chi connectivity index (χ2v) is 8.81. The molecule has 2 aromatic heterocycles. The van der Waals surface area contributed by atoms with Gasteiger partial charge in [0.15, 0.2) is 5.78 Å². The Balaban J connectivity index is 1.78. The van der Waals surface area contributed by atoms with Crippen molar-refractivity contribution in [2.45, 2.75) is 29.1 Å². The molecule has 0 aromatic carbocycles. The fourth-order valence-corrected chi connectivity index (χ4v) is 7.05. The molecule has 8 heteroatoms. The van der Waals surface area contributed by atoms with Crippen LogP contribution in [0.2, 0.25) is 0 Å². The Morgan fingerprint density at radius 2 is 2.09 bits per heavy atom. The number of fused-ring (bicyclic) bond motifs is 3. The van der Waals surface area contributed by atoms with Crippen LogP contribution in [0.25, 0.3) is 9.75 Å². The average Bonchev–Trinajstić information content (AvgIpc) is 3.16. The van der Waals surface area contributed by atoms with Crippen molar-refractivity contribution in [2.24, 2.45) is 4.99 Å².